The molecule has 1 heteroatoms. The minimum atomic E-state index is 0.660. The molecule has 1 atom stereocenters. The van der Waals surface area contributed by atoms with Crippen molar-refractivity contribution in [3.05, 3.63) is 12.2 Å². The van der Waals surface area contributed by atoms with Crippen LogP contribution in [0.3, 0.4) is 0 Å². The van der Waals surface area contributed by atoms with E-state index in [1.54, 1.807) is 0 Å². The van der Waals surface area contributed by atoms with E-state index in [9.17, 15) is 0 Å². The molecule has 0 N–H and O–H groups in total. The third-order valence-electron chi connectivity index (χ3n) is 3.60. The maximum absolute atomic E-state index is 4.11. The van der Waals surface area contributed by atoms with Gasteiger partial charge in [-0.2, -0.15) is 0 Å². The summed E-state index contributed by atoms with van der Waals surface area (Å²) in [6, 6.07) is 0. The fourth-order valence-electron chi connectivity index (χ4n) is 2.80. The fraction of sp³-hybridized carbons (Fsp3) is 0.818. The SMILES string of the molecule is C=C1CCC2(CCN(CC)C2)C1. The van der Waals surface area contributed by atoms with Crippen LogP contribution in [0.5, 0.6) is 0 Å². The van der Waals surface area contributed by atoms with E-state index in [0.717, 1.165) is 0 Å². The highest BCUT2D eigenvalue weighted by molar-refractivity contribution is 5.10. The molecular weight excluding hydrogens is 146 g/mol. The van der Waals surface area contributed by atoms with Crippen molar-refractivity contribution in [3.63, 3.8) is 0 Å². The van der Waals surface area contributed by atoms with E-state index in [1.807, 2.05) is 0 Å². The van der Waals surface area contributed by atoms with Gasteiger partial charge in [-0.1, -0.05) is 19.1 Å². The van der Waals surface area contributed by atoms with Crippen LogP contribution in [0.25, 0.3) is 0 Å². The third kappa shape index (κ3) is 1.31. The highest BCUT2D eigenvalue weighted by Crippen LogP contribution is 2.46. The van der Waals surface area contributed by atoms with Gasteiger partial charge in [-0.15, -0.1) is 0 Å². The molecule has 1 aliphatic carbocycles. The Kier molecular flexibility index (Phi) is 1.99. The number of allylic oxidation sites excluding steroid dienone is 1. The average molecular weight is 165 g/mol. The molecule has 0 bridgehead atoms. The Morgan fingerprint density at radius 3 is 2.83 bits per heavy atom. The second-order valence-electron chi connectivity index (χ2n) is 4.55. The fourth-order valence-corrected chi connectivity index (χ4v) is 2.80. The lowest BCUT2D eigenvalue weighted by atomic mass is 9.85. The monoisotopic (exact) mass is 165 g/mol. The van der Waals surface area contributed by atoms with Gasteiger partial charge < -0.3 is 4.90 Å². The second-order valence-corrected chi connectivity index (χ2v) is 4.55. The zero-order valence-corrected chi connectivity index (χ0v) is 8.10. The van der Waals surface area contributed by atoms with Crippen LogP contribution in [0.15, 0.2) is 12.2 Å². The Labute approximate surface area is 75.4 Å². The van der Waals surface area contributed by atoms with Crippen LogP contribution < -0.4 is 0 Å². The third-order valence-corrected chi connectivity index (χ3v) is 3.60. The van der Waals surface area contributed by atoms with Crippen molar-refractivity contribution < 1.29 is 0 Å². The summed E-state index contributed by atoms with van der Waals surface area (Å²) >= 11 is 0. The molecule has 2 aliphatic rings. The number of hydrogen-bond acceptors (Lipinski definition) is 1. The Morgan fingerprint density at radius 2 is 2.33 bits per heavy atom. The molecule has 1 aliphatic heterocycles. The standard InChI is InChI=1S/C11H19N/c1-3-12-7-6-11(9-12)5-4-10(2)8-11/h2-9H2,1H3. The topological polar surface area (TPSA) is 3.24 Å². The number of hydrogen-bond donors (Lipinski definition) is 0. The van der Waals surface area contributed by atoms with Crippen LogP contribution in [0.4, 0.5) is 0 Å². The first kappa shape index (κ1) is 8.31. The molecular formula is C11H19N. The second kappa shape index (κ2) is 2.88. The maximum atomic E-state index is 4.11. The van der Waals surface area contributed by atoms with E-state index in [4.69, 9.17) is 0 Å². The van der Waals surface area contributed by atoms with Gasteiger partial charge in [-0.3, -0.25) is 0 Å². The first-order chi connectivity index (χ1) is 5.74. The summed E-state index contributed by atoms with van der Waals surface area (Å²) in [5, 5.41) is 0. The summed E-state index contributed by atoms with van der Waals surface area (Å²) in [6.45, 7) is 10.3. The van der Waals surface area contributed by atoms with Crippen molar-refractivity contribution in [2.24, 2.45) is 5.41 Å². The molecule has 2 fully saturated rings. The van der Waals surface area contributed by atoms with Gasteiger partial charge in [0.1, 0.15) is 0 Å². The van der Waals surface area contributed by atoms with Crippen molar-refractivity contribution in [1.82, 2.24) is 4.90 Å². The van der Waals surface area contributed by atoms with Crippen LogP contribution in [-0.4, -0.2) is 24.5 Å². The smallest absolute Gasteiger partial charge is 0.00415 e. The molecule has 1 unspecified atom stereocenters. The molecule has 12 heavy (non-hydrogen) atoms. The average Bonchev–Trinajstić information content (AvgIpc) is 2.61. The van der Waals surface area contributed by atoms with E-state index < -0.39 is 0 Å². The summed E-state index contributed by atoms with van der Waals surface area (Å²) in [7, 11) is 0. The summed E-state index contributed by atoms with van der Waals surface area (Å²) in [4.78, 5) is 2.58. The Morgan fingerprint density at radius 1 is 1.50 bits per heavy atom. The summed E-state index contributed by atoms with van der Waals surface area (Å²) in [5.74, 6) is 0. The van der Waals surface area contributed by atoms with Crippen LogP contribution >= 0.6 is 0 Å². The van der Waals surface area contributed by atoms with E-state index in [0.29, 0.717) is 5.41 Å². The van der Waals surface area contributed by atoms with E-state index in [2.05, 4.69) is 18.4 Å². The number of likely N-dealkylation sites (tertiary alicyclic amines) is 1. The maximum Gasteiger partial charge on any atom is 0.00415 e. The molecule has 1 spiro atoms. The van der Waals surface area contributed by atoms with Crippen molar-refractivity contribution in [3.8, 4) is 0 Å². The zero-order chi connectivity index (χ0) is 8.60. The molecule has 1 heterocycles. The number of rotatable bonds is 1. The zero-order valence-electron chi connectivity index (χ0n) is 8.10. The molecule has 0 aromatic heterocycles. The molecule has 0 radical (unpaired) electrons. The predicted molar refractivity (Wildman–Crippen MR) is 52.2 cm³/mol. The lowest BCUT2D eigenvalue weighted by Crippen LogP contribution is -2.24. The molecule has 0 amide bonds. The molecule has 2 rings (SSSR count). The van der Waals surface area contributed by atoms with Crippen LogP contribution in [0.1, 0.15) is 32.6 Å². The van der Waals surface area contributed by atoms with E-state index in [-0.39, 0.29) is 0 Å². The van der Waals surface area contributed by atoms with E-state index >= 15 is 0 Å². The highest BCUT2D eigenvalue weighted by Gasteiger charge is 2.40. The van der Waals surface area contributed by atoms with Crippen LogP contribution in [0, 0.1) is 5.41 Å². The normalized spacial score (nSPS) is 36.9. The van der Waals surface area contributed by atoms with Crippen molar-refractivity contribution >= 4 is 0 Å². The minimum Gasteiger partial charge on any atom is -0.303 e. The summed E-state index contributed by atoms with van der Waals surface area (Å²) in [5.41, 5.74) is 2.15. The Balaban J connectivity index is 2.01. The Bertz CT molecular complexity index is 197. The van der Waals surface area contributed by atoms with Gasteiger partial charge in [-0.05, 0) is 44.2 Å². The summed E-state index contributed by atoms with van der Waals surface area (Å²) in [6.07, 6.45) is 5.42. The van der Waals surface area contributed by atoms with Gasteiger partial charge in [0.2, 0.25) is 0 Å². The Hall–Kier alpha value is -0.300. The van der Waals surface area contributed by atoms with Gasteiger partial charge in [0, 0.05) is 6.54 Å². The molecule has 1 saturated heterocycles. The van der Waals surface area contributed by atoms with Gasteiger partial charge in [0.25, 0.3) is 0 Å². The lowest BCUT2D eigenvalue weighted by Gasteiger charge is -2.22. The van der Waals surface area contributed by atoms with Crippen molar-refractivity contribution in [2.45, 2.75) is 32.6 Å². The van der Waals surface area contributed by atoms with Crippen molar-refractivity contribution in [1.29, 1.82) is 0 Å². The molecule has 1 nitrogen and oxygen atoms in total. The largest absolute Gasteiger partial charge is 0.303 e. The van der Waals surface area contributed by atoms with Gasteiger partial charge in [-0.25, -0.2) is 0 Å². The first-order valence-corrected chi connectivity index (χ1v) is 5.13. The van der Waals surface area contributed by atoms with Crippen LogP contribution in [-0.2, 0) is 0 Å². The molecule has 1 saturated carbocycles. The molecule has 0 aromatic rings. The quantitative estimate of drug-likeness (QED) is 0.539. The lowest BCUT2D eigenvalue weighted by molar-refractivity contribution is 0.273. The molecule has 68 valence electrons. The van der Waals surface area contributed by atoms with Gasteiger partial charge >= 0.3 is 0 Å². The highest BCUT2D eigenvalue weighted by atomic mass is 15.1. The first-order valence-electron chi connectivity index (χ1n) is 5.13. The molecule has 0 aromatic carbocycles. The van der Waals surface area contributed by atoms with Crippen LogP contribution in [0.2, 0.25) is 0 Å². The van der Waals surface area contributed by atoms with Gasteiger partial charge in [0.05, 0.1) is 0 Å². The summed E-state index contributed by atoms with van der Waals surface area (Å²) < 4.78 is 0. The van der Waals surface area contributed by atoms with Gasteiger partial charge in [0.15, 0.2) is 0 Å². The van der Waals surface area contributed by atoms with Crippen molar-refractivity contribution in [2.75, 3.05) is 19.6 Å². The van der Waals surface area contributed by atoms with E-state index in [1.165, 1.54) is 50.9 Å². The predicted octanol–water partition coefficient (Wildman–Crippen LogP) is 2.44. The number of nitrogens with zero attached hydrogens (tertiary/aromatic N) is 1. The minimum absolute atomic E-state index is 0.660.